The van der Waals surface area contributed by atoms with Crippen LogP contribution < -0.4 is 9.64 Å². The number of rotatable bonds is 4. The van der Waals surface area contributed by atoms with Gasteiger partial charge in [0.15, 0.2) is 15.0 Å². The van der Waals surface area contributed by atoms with Gasteiger partial charge in [0.05, 0.1) is 31.1 Å². The molecule has 6 nitrogen and oxygen atoms in total. The Labute approximate surface area is 181 Å². The summed E-state index contributed by atoms with van der Waals surface area (Å²) in [6.45, 7) is 4.02. The number of carbonyl (C=O) groups excluding carboxylic acids is 1. The Balaban J connectivity index is 1.63. The Morgan fingerprint density at radius 2 is 1.80 bits per heavy atom. The average molecular weight is 445 g/mol. The number of benzene rings is 2. The van der Waals surface area contributed by atoms with Crippen molar-refractivity contribution < 1.29 is 17.9 Å². The molecule has 0 N–H and O–H groups in total. The molecule has 158 valence electrons. The minimum absolute atomic E-state index is 0.0867. The number of aryl methyl sites for hydroxylation is 2. The van der Waals surface area contributed by atoms with E-state index in [2.05, 4.69) is 11.1 Å². The monoisotopic (exact) mass is 444 g/mol. The van der Waals surface area contributed by atoms with Gasteiger partial charge in [0.1, 0.15) is 5.75 Å². The number of ether oxygens (including phenoxy) is 1. The van der Waals surface area contributed by atoms with Crippen molar-refractivity contribution in [3.8, 4) is 5.75 Å². The molecular weight excluding hydrogens is 420 g/mol. The summed E-state index contributed by atoms with van der Waals surface area (Å²) in [6, 6.07) is 13.2. The summed E-state index contributed by atoms with van der Waals surface area (Å²) in [5.74, 6) is 0.692. The first-order valence-corrected chi connectivity index (χ1v) is 12.4. The topological polar surface area (TPSA) is 76.0 Å². The van der Waals surface area contributed by atoms with Gasteiger partial charge in [-0.05, 0) is 54.8 Å². The van der Waals surface area contributed by atoms with Crippen LogP contribution in [0.15, 0.2) is 47.5 Å². The molecule has 2 aromatic rings. The molecule has 0 aromatic heterocycles. The number of hydrogen-bond donors (Lipinski definition) is 0. The summed E-state index contributed by atoms with van der Waals surface area (Å²) in [7, 11) is -1.49. The molecule has 2 unspecified atom stereocenters. The zero-order valence-electron chi connectivity index (χ0n) is 17.2. The van der Waals surface area contributed by atoms with Gasteiger partial charge in [0.25, 0.3) is 5.91 Å². The number of hydrogen-bond acceptors (Lipinski definition) is 5. The van der Waals surface area contributed by atoms with E-state index in [1.54, 1.807) is 7.11 Å². The second-order valence-corrected chi connectivity index (χ2v) is 11.2. The van der Waals surface area contributed by atoms with E-state index >= 15 is 0 Å². The number of aliphatic imine (C=N–C) groups is 1. The predicted octanol–water partition coefficient (Wildman–Crippen LogP) is 3.16. The Kier molecular flexibility index (Phi) is 5.63. The van der Waals surface area contributed by atoms with Crippen molar-refractivity contribution in [3.63, 3.8) is 0 Å². The number of anilines is 1. The SMILES string of the molecule is COc1ccc(CC(=O)N=C2SC3CS(=O)(=O)CC3N2c2cc(C)cc(C)c2)cc1. The van der Waals surface area contributed by atoms with Gasteiger partial charge < -0.3 is 9.64 Å². The summed E-state index contributed by atoms with van der Waals surface area (Å²) in [5, 5.41) is 0.478. The first kappa shape index (κ1) is 20.9. The van der Waals surface area contributed by atoms with Crippen LogP contribution in [-0.4, -0.2) is 49.4 Å². The molecule has 30 heavy (non-hydrogen) atoms. The number of carbonyl (C=O) groups is 1. The zero-order chi connectivity index (χ0) is 21.5. The van der Waals surface area contributed by atoms with E-state index in [1.165, 1.54) is 11.8 Å². The van der Waals surface area contributed by atoms with Crippen LogP contribution in [0, 0.1) is 13.8 Å². The highest BCUT2D eigenvalue weighted by molar-refractivity contribution is 8.16. The van der Waals surface area contributed by atoms with Gasteiger partial charge >= 0.3 is 0 Å². The van der Waals surface area contributed by atoms with Crippen LogP contribution in [0.4, 0.5) is 5.69 Å². The van der Waals surface area contributed by atoms with E-state index in [9.17, 15) is 13.2 Å². The van der Waals surface area contributed by atoms with Crippen LogP contribution in [-0.2, 0) is 21.1 Å². The van der Waals surface area contributed by atoms with Crippen molar-refractivity contribution in [2.45, 2.75) is 31.6 Å². The van der Waals surface area contributed by atoms with Gasteiger partial charge in [-0.2, -0.15) is 4.99 Å². The lowest BCUT2D eigenvalue weighted by Gasteiger charge is -2.25. The lowest BCUT2D eigenvalue weighted by Crippen LogP contribution is -2.37. The highest BCUT2D eigenvalue weighted by Gasteiger charge is 2.49. The third kappa shape index (κ3) is 4.39. The molecule has 0 saturated carbocycles. The van der Waals surface area contributed by atoms with Crippen LogP contribution in [0.3, 0.4) is 0 Å². The fourth-order valence-corrected chi connectivity index (χ4v) is 7.95. The molecule has 2 aliphatic rings. The van der Waals surface area contributed by atoms with E-state index in [0.29, 0.717) is 5.17 Å². The molecule has 8 heteroatoms. The van der Waals surface area contributed by atoms with Crippen LogP contribution in [0.25, 0.3) is 0 Å². The maximum absolute atomic E-state index is 12.7. The molecule has 2 aliphatic heterocycles. The highest BCUT2D eigenvalue weighted by atomic mass is 32.2. The van der Waals surface area contributed by atoms with Crippen molar-refractivity contribution in [2.75, 3.05) is 23.5 Å². The number of fused-ring (bicyclic) bond motifs is 1. The van der Waals surface area contributed by atoms with Gasteiger partial charge in [-0.1, -0.05) is 30.0 Å². The molecule has 2 heterocycles. The quantitative estimate of drug-likeness (QED) is 0.721. The maximum atomic E-state index is 12.7. The molecule has 4 rings (SSSR count). The summed E-state index contributed by atoms with van der Waals surface area (Å²) in [6.07, 6.45) is 0.183. The number of nitrogens with zero attached hydrogens (tertiary/aromatic N) is 2. The van der Waals surface area contributed by atoms with Crippen molar-refractivity contribution in [1.82, 2.24) is 0 Å². The number of methoxy groups -OCH3 is 1. The first-order chi connectivity index (χ1) is 14.2. The van der Waals surface area contributed by atoms with E-state index < -0.39 is 9.84 Å². The van der Waals surface area contributed by atoms with E-state index in [-0.39, 0.29) is 35.1 Å². The predicted molar refractivity (Wildman–Crippen MR) is 121 cm³/mol. The van der Waals surface area contributed by atoms with E-state index in [1.807, 2.05) is 55.1 Å². The van der Waals surface area contributed by atoms with Crippen LogP contribution in [0.1, 0.15) is 16.7 Å². The van der Waals surface area contributed by atoms with Crippen LogP contribution >= 0.6 is 11.8 Å². The first-order valence-electron chi connectivity index (χ1n) is 9.73. The van der Waals surface area contributed by atoms with E-state index in [4.69, 9.17) is 4.74 Å². The molecule has 2 atom stereocenters. The summed E-state index contributed by atoms with van der Waals surface area (Å²) in [5.41, 5.74) is 3.92. The molecule has 0 bridgehead atoms. The van der Waals surface area contributed by atoms with Crippen molar-refractivity contribution in [2.24, 2.45) is 4.99 Å². The second kappa shape index (κ2) is 8.07. The molecule has 2 fully saturated rings. The number of sulfone groups is 1. The molecular formula is C22H24N2O4S2. The lowest BCUT2D eigenvalue weighted by atomic mass is 10.1. The minimum Gasteiger partial charge on any atom is -0.497 e. The van der Waals surface area contributed by atoms with Crippen LogP contribution in [0.5, 0.6) is 5.75 Å². The number of amides is 1. The van der Waals surface area contributed by atoms with Gasteiger partial charge in [0.2, 0.25) is 0 Å². The Bertz CT molecular complexity index is 1090. The van der Waals surface area contributed by atoms with Crippen molar-refractivity contribution >= 4 is 38.4 Å². The van der Waals surface area contributed by atoms with Gasteiger partial charge in [0, 0.05) is 10.9 Å². The smallest absolute Gasteiger partial charge is 0.252 e. The average Bonchev–Trinajstić information content (AvgIpc) is 3.12. The Hall–Kier alpha value is -2.32. The van der Waals surface area contributed by atoms with Gasteiger partial charge in [-0.15, -0.1) is 0 Å². The third-order valence-electron chi connectivity index (χ3n) is 5.29. The van der Waals surface area contributed by atoms with Crippen molar-refractivity contribution in [3.05, 3.63) is 59.2 Å². The fraction of sp³-hybridized carbons (Fsp3) is 0.364. The molecule has 0 spiro atoms. The summed E-state index contributed by atoms with van der Waals surface area (Å²) < 4.78 is 29.6. The fourth-order valence-electron chi connectivity index (χ4n) is 4.02. The largest absolute Gasteiger partial charge is 0.497 e. The summed E-state index contributed by atoms with van der Waals surface area (Å²) in [4.78, 5) is 19.1. The maximum Gasteiger partial charge on any atom is 0.252 e. The zero-order valence-corrected chi connectivity index (χ0v) is 18.8. The van der Waals surface area contributed by atoms with E-state index in [0.717, 1.165) is 28.1 Å². The third-order valence-corrected chi connectivity index (χ3v) is 8.50. The highest BCUT2D eigenvalue weighted by Crippen LogP contribution is 2.41. The molecule has 0 aliphatic carbocycles. The normalized spacial score (nSPS) is 23.6. The lowest BCUT2D eigenvalue weighted by molar-refractivity contribution is -0.117. The van der Waals surface area contributed by atoms with Crippen molar-refractivity contribution in [1.29, 1.82) is 0 Å². The van der Waals surface area contributed by atoms with Gasteiger partial charge in [-0.3, -0.25) is 4.79 Å². The molecule has 1 amide bonds. The second-order valence-electron chi connectivity index (χ2n) is 7.83. The van der Waals surface area contributed by atoms with Crippen LogP contribution in [0.2, 0.25) is 0 Å². The minimum atomic E-state index is -3.09. The summed E-state index contributed by atoms with van der Waals surface area (Å²) >= 11 is 1.40. The molecule has 0 radical (unpaired) electrons. The number of thioether (sulfide) groups is 1. The molecule has 2 saturated heterocycles. The molecule has 2 aromatic carbocycles. The Morgan fingerprint density at radius 1 is 1.13 bits per heavy atom. The van der Waals surface area contributed by atoms with Gasteiger partial charge in [-0.25, -0.2) is 8.42 Å². The number of amidine groups is 1. The Morgan fingerprint density at radius 3 is 2.43 bits per heavy atom. The standard InChI is InChI=1S/C22H24N2O4S2/c1-14-8-15(2)10-17(9-14)24-19-12-30(26,27)13-20(19)29-22(24)23-21(25)11-16-4-6-18(28-3)7-5-16/h4-10,19-20H,11-13H2,1-3H3.